The molecule has 6 nitrogen and oxygen atoms in total. The highest BCUT2D eigenvalue weighted by atomic mass is 32.1. The molecule has 2 N–H and O–H groups in total. The largest absolute Gasteiger partial charge is 0.479 e. The number of rotatable bonds is 6. The summed E-state index contributed by atoms with van der Waals surface area (Å²) in [5, 5.41) is 15.7. The summed E-state index contributed by atoms with van der Waals surface area (Å²) in [4.78, 5) is 24.0. The summed E-state index contributed by atoms with van der Waals surface area (Å²) in [5.74, 6) is -1.56. The summed E-state index contributed by atoms with van der Waals surface area (Å²) in [7, 11) is 0. The first-order valence-corrected chi connectivity index (χ1v) is 7.30. The van der Waals surface area contributed by atoms with Crippen LogP contribution in [0, 0.1) is 0 Å². The minimum absolute atomic E-state index is 0.374. The first-order valence-electron chi connectivity index (χ1n) is 6.53. The van der Waals surface area contributed by atoms with Crippen LogP contribution in [-0.2, 0) is 11.2 Å². The maximum absolute atomic E-state index is 12.2. The van der Waals surface area contributed by atoms with E-state index in [0.717, 1.165) is 18.0 Å². The predicted molar refractivity (Wildman–Crippen MR) is 78.2 cm³/mol. The first-order chi connectivity index (χ1) is 10.1. The summed E-state index contributed by atoms with van der Waals surface area (Å²) >= 11 is 0.980. The number of carboxylic acids is 1. The average molecular weight is 305 g/mol. The lowest BCUT2D eigenvalue weighted by atomic mass is 10.1. The summed E-state index contributed by atoms with van der Waals surface area (Å²) < 4.78 is 3.77. The molecule has 1 heterocycles. The number of nitrogens with zero attached hydrogens (tertiary/aromatic N) is 2. The van der Waals surface area contributed by atoms with Crippen molar-refractivity contribution in [2.75, 3.05) is 0 Å². The Kier molecular flexibility index (Phi) is 4.99. The van der Waals surface area contributed by atoms with Crippen LogP contribution >= 0.6 is 11.5 Å². The molecule has 1 aromatic carbocycles. The van der Waals surface area contributed by atoms with Crippen LogP contribution < -0.4 is 5.32 Å². The van der Waals surface area contributed by atoms with Gasteiger partial charge in [-0.1, -0.05) is 48.2 Å². The number of benzene rings is 1. The van der Waals surface area contributed by atoms with Gasteiger partial charge in [0.1, 0.15) is 4.88 Å². The number of carbonyl (C=O) groups is 2. The Morgan fingerprint density at radius 2 is 2.05 bits per heavy atom. The molecule has 1 amide bonds. The van der Waals surface area contributed by atoms with Crippen molar-refractivity contribution in [1.82, 2.24) is 14.9 Å². The van der Waals surface area contributed by atoms with Crippen molar-refractivity contribution in [3.05, 3.63) is 46.5 Å². The molecule has 0 bridgehead atoms. The predicted octanol–water partition coefficient (Wildman–Crippen LogP) is 2.05. The molecule has 0 radical (unpaired) electrons. The number of hydrogen-bond donors (Lipinski definition) is 2. The average Bonchev–Trinajstić information content (AvgIpc) is 2.94. The number of aryl methyl sites for hydroxylation is 1. The van der Waals surface area contributed by atoms with E-state index in [1.807, 2.05) is 6.92 Å². The van der Waals surface area contributed by atoms with Gasteiger partial charge in [-0.3, -0.25) is 4.79 Å². The molecular weight excluding hydrogens is 290 g/mol. The van der Waals surface area contributed by atoms with Crippen LogP contribution in [0.15, 0.2) is 30.3 Å². The maximum Gasteiger partial charge on any atom is 0.330 e. The van der Waals surface area contributed by atoms with Gasteiger partial charge in [-0.05, 0) is 23.5 Å². The summed E-state index contributed by atoms with van der Waals surface area (Å²) in [6, 6.07) is 7.49. The van der Waals surface area contributed by atoms with Gasteiger partial charge in [0.05, 0.1) is 5.69 Å². The fraction of sp³-hybridized carbons (Fsp3) is 0.286. The van der Waals surface area contributed by atoms with Crippen LogP contribution in [0.1, 0.15) is 40.3 Å². The molecular formula is C14H15N3O3S. The topological polar surface area (TPSA) is 92.2 Å². The molecule has 110 valence electrons. The molecule has 7 heteroatoms. The maximum atomic E-state index is 12.2. The zero-order valence-corrected chi connectivity index (χ0v) is 12.3. The van der Waals surface area contributed by atoms with E-state index in [9.17, 15) is 14.7 Å². The molecule has 0 fully saturated rings. The summed E-state index contributed by atoms with van der Waals surface area (Å²) in [5.41, 5.74) is 1.13. The van der Waals surface area contributed by atoms with Gasteiger partial charge in [0.15, 0.2) is 6.04 Å². The summed E-state index contributed by atoms with van der Waals surface area (Å²) in [6.07, 6.45) is 1.48. The van der Waals surface area contributed by atoms with Crippen molar-refractivity contribution in [2.45, 2.75) is 25.8 Å². The Bertz CT molecular complexity index is 627. The number of carbonyl (C=O) groups excluding carboxylic acids is 1. The molecule has 0 saturated carbocycles. The van der Waals surface area contributed by atoms with E-state index in [-0.39, 0.29) is 0 Å². The van der Waals surface area contributed by atoms with E-state index >= 15 is 0 Å². The number of nitrogens with one attached hydrogen (secondary N) is 1. The quantitative estimate of drug-likeness (QED) is 0.852. The molecule has 0 aliphatic carbocycles. The van der Waals surface area contributed by atoms with Gasteiger partial charge in [0.25, 0.3) is 5.91 Å². The van der Waals surface area contributed by atoms with Crippen molar-refractivity contribution in [1.29, 1.82) is 0 Å². The van der Waals surface area contributed by atoms with Gasteiger partial charge in [-0.2, -0.15) is 0 Å². The van der Waals surface area contributed by atoms with E-state index in [1.54, 1.807) is 30.3 Å². The van der Waals surface area contributed by atoms with Crippen molar-refractivity contribution in [2.24, 2.45) is 0 Å². The number of hydrogen-bond acceptors (Lipinski definition) is 5. The van der Waals surface area contributed by atoms with Crippen LogP contribution in [0.2, 0.25) is 0 Å². The van der Waals surface area contributed by atoms with Crippen LogP contribution in [0.25, 0.3) is 0 Å². The molecule has 21 heavy (non-hydrogen) atoms. The lowest BCUT2D eigenvalue weighted by Crippen LogP contribution is -2.33. The van der Waals surface area contributed by atoms with Crippen LogP contribution in [0.3, 0.4) is 0 Å². The first kappa shape index (κ1) is 15.1. The molecule has 0 aliphatic heterocycles. The van der Waals surface area contributed by atoms with Gasteiger partial charge in [0.2, 0.25) is 0 Å². The van der Waals surface area contributed by atoms with Gasteiger partial charge in [-0.25, -0.2) is 4.79 Å². The van der Waals surface area contributed by atoms with Gasteiger partial charge in [0, 0.05) is 0 Å². The van der Waals surface area contributed by atoms with Crippen LogP contribution in [0.4, 0.5) is 0 Å². The fourth-order valence-corrected chi connectivity index (χ4v) is 2.52. The third-order valence-corrected chi connectivity index (χ3v) is 3.67. The number of amides is 1. The van der Waals surface area contributed by atoms with E-state index in [4.69, 9.17) is 0 Å². The standard InChI is InChI=1S/C14H15N3O3S/c1-2-6-10-12(21-17-16-10)13(18)15-11(14(19)20)9-7-4-3-5-8-9/h3-5,7-8,11H,2,6H2,1H3,(H,15,18)(H,19,20)/t11-/m1/s1. The number of carboxylic acid groups (broad SMARTS) is 1. The smallest absolute Gasteiger partial charge is 0.330 e. The van der Waals surface area contributed by atoms with Gasteiger partial charge < -0.3 is 10.4 Å². The van der Waals surface area contributed by atoms with Crippen molar-refractivity contribution < 1.29 is 14.7 Å². The lowest BCUT2D eigenvalue weighted by molar-refractivity contribution is -0.139. The van der Waals surface area contributed by atoms with Crippen molar-refractivity contribution in [3.63, 3.8) is 0 Å². The third-order valence-electron chi connectivity index (χ3n) is 2.90. The van der Waals surface area contributed by atoms with E-state index in [0.29, 0.717) is 22.6 Å². The minimum atomic E-state index is -1.11. The SMILES string of the molecule is CCCc1nnsc1C(=O)N[C@@H](C(=O)O)c1ccccc1. The zero-order valence-electron chi connectivity index (χ0n) is 11.4. The lowest BCUT2D eigenvalue weighted by Gasteiger charge is -2.14. The van der Waals surface area contributed by atoms with Crippen molar-refractivity contribution in [3.8, 4) is 0 Å². The highest BCUT2D eigenvalue weighted by Gasteiger charge is 2.25. The van der Waals surface area contributed by atoms with E-state index in [1.165, 1.54) is 0 Å². The fourth-order valence-electron chi connectivity index (χ4n) is 1.91. The Labute approximate surface area is 126 Å². The number of aromatic nitrogens is 2. The molecule has 2 aromatic rings. The number of aliphatic carboxylic acids is 1. The van der Waals surface area contributed by atoms with E-state index < -0.39 is 17.9 Å². The van der Waals surface area contributed by atoms with Gasteiger partial charge in [-0.15, -0.1) is 5.10 Å². The molecule has 0 saturated heterocycles. The Morgan fingerprint density at radius 1 is 1.33 bits per heavy atom. The Hall–Kier alpha value is -2.28. The van der Waals surface area contributed by atoms with Crippen LogP contribution in [-0.4, -0.2) is 26.6 Å². The molecule has 1 aromatic heterocycles. The monoisotopic (exact) mass is 305 g/mol. The molecule has 0 unspecified atom stereocenters. The third kappa shape index (κ3) is 3.63. The molecule has 1 atom stereocenters. The zero-order chi connectivity index (χ0) is 15.2. The van der Waals surface area contributed by atoms with Crippen molar-refractivity contribution >= 4 is 23.4 Å². The van der Waals surface area contributed by atoms with E-state index in [2.05, 4.69) is 14.9 Å². The minimum Gasteiger partial charge on any atom is -0.479 e. The molecule has 2 rings (SSSR count). The van der Waals surface area contributed by atoms with Gasteiger partial charge >= 0.3 is 5.97 Å². The highest BCUT2D eigenvalue weighted by Crippen LogP contribution is 2.17. The normalized spacial score (nSPS) is 11.9. The molecule has 0 spiro atoms. The second-order valence-corrected chi connectivity index (χ2v) is 5.21. The summed E-state index contributed by atoms with van der Waals surface area (Å²) in [6.45, 7) is 1.98. The molecule has 0 aliphatic rings. The Balaban J connectivity index is 2.19. The highest BCUT2D eigenvalue weighted by molar-refractivity contribution is 7.08. The second kappa shape index (κ2) is 6.94. The second-order valence-electron chi connectivity index (χ2n) is 4.45. The Morgan fingerprint density at radius 3 is 2.67 bits per heavy atom. The van der Waals surface area contributed by atoms with Crippen LogP contribution in [0.5, 0.6) is 0 Å².